The first-order valence-electron chi connectivity index (χ1n) is 4.73. The van der Waals surface area contributed by atoms with E-state index in [0.29, 0.717) is 5.82 Å². The molecule has 0 saturated heterocycles. The summed E-state index contributed by atoms with van der Waals surface area (Å²) in [5, 5.41) is 9.44. The van der Waals surface area contributed by atoms with Crippen molar-refractivity contribution < 1.29 is 4.79 Å². The SMILES string of the molecule is Cc1cn[nH]c1NC(=O)C1CC=CC1. The zero-order valence-electron chi connectivity index (χ0n) is 8.08. The van der Waals surface area contributed by atoms with Crippen LogP contribution in [0, 0.1) is 12.8 Å². The fourth-order valence-corrected chi connectivity index (χ4v) is 1.53. The molecule has 0 atom stereocenters. The van der Waals surface area contributed by atoms with Crippen LogP contribution in [0.25, 0.3) is 0 Å². The van der Waals surface area contributed by atoms with E-state index in [4.69, 9.17) is 0 Å². The minimum atomic E-state index is 0.0716. The van der Waals surface area contributed by atoms with Crippen molar-refractivity contribution in [2.45, 2.75) is 19.8 Å². The van der Waals surface area contributed by atoms with Crippen LogP contribution in [0.15, 0.2) is 18.3 Å². The van der Waals surface area contributed by atoms with Crippen LogP contribution < -0.4 is 5.32 Å². The Kier molecular flexibility index (Phi) is 2.35. The molecule has 1 aliphatic carbocycles. The normalized spacial score (nSPS) is 16.1. The maximum Gasteiger partial charge on any atom is 0.229 e. The third-order valence-electron chi connectivity index (χ3n) is 2.46. The van der Waals surface area contributed by atoms with Gasteiger partial charge in [0.1, 0.15) is 5.82 Å². The highest BCUT2D eigenvalue weighted by molar-refractivity contribution is 5.92. The Morgan fingerprint density at radius 1 is 1.57 bits per heavy atom. The van der Waals surface area contributed by atoms with Gasteiger partial charge in [0, 0.05) is 11.5 Å². The zero-order chi connectivity index (χ0) is 9.97. The number of nitrogens with one attached hydrogen (secondary N) is 2. The summed E-state index contributed by atoms with van der Waals surface area (Å²) < 4.78 is 0. The molecule has 1 aromatic heterocycles. The van der Waals surface area contributed by atoms with Gasteiger partial charge < -0.3 is 5.32 Å². The zero-order valence-corrected chi connectivity index (χ0v) is 8.08. The molecule has 0 bridgehead atoms. The molecule has 2 rings (SSSR count). The molecule has 74 valence electrons. The summed E-state index contributed by atoms with van der Waals surface area (Å²) in [5.41, 5.74) is 0.962. The van der Waals surface area contributed by atoms with Gasteiger partial charge in [-0.3, -0.25) is 9.89 Å². The Hall–Kier alpha value is -1.58. The number of H-pyrrole nitrogens is 1. The van der Waals surface area contributed by atoms with Crippen molar-refractivity contribution in [3.8, 4) is 0 Å². The molecule has 0 aromatic carbocycles. The van der Waals surface area contributed by atoms with Crippen molar-refractivity contribution in [3.63, 3.8) is 0 Å². The first-order valence-corrected chi connectivity index (χ1v) is 4.73. The lowest BCUT2D eigenvalue weighted by atomic mass is 10.1. The second-order valence-corrected chi connectivity index (χ2v) is 3.56. The third-order valence-corrected chi connectivity index (χ3v) is 2.46. The number of anilines is 1. The molecule has 2 N–H and O–H groups in total. The summed E-state index contributed by atoms with van der Waals surface area (Å²) in [6.07, 6.45) is 7.48. The number of carbonyl (C=O) groups excluding carboxylic acids is 1. The fraction of sp³-hybridized carbons (Fsp3) is 0.400. The first kappa shape index (κ1) is 8.99. The van der Waals surface area contributed by atoms with E-state index in [-0.39, 0.29) is 11.8 Å². The number of carbonyl (C=O) groups is 1. The van der Waals surface area contributed by atoms with E-state index < -0.39 is 0 Å². The highest BCUT2D eigenvalue weighted by Crippen LogP contribution is 2.20. The number of allylic oxidation sites excluding steroid dienone is 2. The molecule has 0 fully saturated rings. The molecule has 4 nitrogen and oxygen atoms in total. The number of aryl methyl sites for hydroxylation is 1. The molecular weight excluding hydrogens is 178 g/mol. The third kappa shape index (κ3) is 1.69. The maximum atomic E-state index is 11.7. The van der Waals surface area contributed by atoms with Gasteiger partial charge in [0.25, 0.3) is 0 Å². The molecule has 4 heteroatoms. The summed E-state index contributed by atoms with van der Waals surface area (Å²) in [7, 11) is 0. The predicted molar refractivity (Wildman–Crippen MR) is 53.8 cm³/mol. The number of aromatic amines is 1. The number of aromatic nitrogens is 2. The summed E-state index contributed by atoms with van der Waals surface area (Å²) >= 11 is 0. The molecule has 14 heavy (non-hydrogen) atoms. The average molecular weight is 191 g/mol. The molecule has 0 saturated carbocycles. The second-order valence-electron chi connectivity index (χ2n) is 3.56. The number of hydrogen-bond donors (Lipinski definition) is 2. The predicted octanol–water partition coefficient (Wildman–Crippen LogP) is 1.62. The lowest BCUT2D eigenvalue weighted by Crippen LogP contribution is -2.21. The molecular formula is C10H13N3O. The molecule has 1 amide bonds. The van der Waals surface area contributed by atoms with Crippen molar-refractivity contribution in [2.24, 2.45) is 5.92 Å². The van der Waals surface area contributed by atoms with Gasteiger partial charge in [0.05, 0.1) is 6.20 Å². The summed E-state index contributed by atoms with van der Waals surface area (Å²) in [6, 6.07) is 0. The highest BCUT2D eigenvalue weighted by atomic mass is 16.1. The molecule has 0 radical (unpaired) electrons. The largest absolute Gasteiger partial charge is 0.311 e. The second kappa shape index (κ2) is 3.65. The maximum absolute atomic E-state index is 11.7. The van der Waals surface area contributed by atoms with E-state index in [1.165, 1.54) is 0 Å². The van der Waals surface area contributed by atoms with Gasteiger partial charge >= 0.3 is 0 Å². The standard InChI is InChI=1S/C10H13N3O/c1-7-6-11-13-9(7)12-10(14)8-4-2-3-5-8/h2-3,6,8H,4-5H2,1H3,(H2,11,12,13,14). The summed E-state index contributed by atoms with van der Waals surface area (Å²) in [5.74, 6) is 0.877. The summed E-state index contributed by atoms with van der Waals surface area (Å²) in [4.78, 5) is 11.7. The van der Waals surface area contributed by atoms with Crippen molar-refractivity contribution in [2.75, 3.05) is 5.32 Å². The van der Waals surface area contributed by atoms with E-state index in [1.54, 1.807) is 6.20 Å². The number of hydrogen-bond acceptors (Lipinski definition) is 2. The van der Waals surface area contributed by atoms with E-state index in [1.807, 2.05) is 19.1 Å². The Morgan fingerprint density at radius 2 is 2.29 bits per heavy atom. The number of nitrogens with zero attached hydrogens (tertiary/aromatic N) is 1. The van der Waals surface area contributed by atoms with Crippen molar-refractivity contribution in [1.82, 2.24) is 10.2 Å². The van der Waals surface area contributed by atoms with E-state index in [9.17, 15) is 4.79 Å². The van der Waals surface area contributed by atoms with Crippen LogP contribution in [0.1, 0.15) is 18.4 Å². The minimum absolute atomic E-state index is 0.0716. The van der Waals surface area contributed by atoms with Crippen LogP contribution in [0.2, 0.25) is 0 Å². The topological polar surface area (TPSA) is 57.8 Å². The lowest BCUT2D eigenvalue weighted by molar-refractivity contribution is -0.119. The monoisotopic (exact) mass is 191 g/mol. The Balaban J connectivity index is 1.98. The van der Waals surface area contributed by atoms with Crippen LogP contribution in [-0.2, 0) is 4.79 Å². The molecule has 1 aliphatic rings. The van der Waals surface area contributed by atoms with Gasteiger partial charge in [-0.15, -0.1) is 0 Å². The smallest absolute Gasteiger partial charge is 0.229 e. The molecule has 0 spiro atoms. The van der Waals surface area contributed by atoms with Crippen molar-refractivity contribution in [1.29, 1.82) is 0 Å². The quantitative estimate of drug-likeness (QED) is 0.698. The van der Waals surface area contributed by atoms with E-state index in [2.05, 4.69) is 15.5 Å². The number of amides is 1. The van der Waals surface area contributed by atoms with Crippen LogP contribution in [0.4, 0.5) is 5.82 Å². The van der Waals surface area contributed by atoms with E-state index >= 15 is 0 Å². The van der Waals surface area contributed by atoms with Gasteiger partial charge in [0.2, 0.25) is 5.91 Å². The van der Waals surface area contributed by atoms with Crippen LogP contribution in [0.5, 0.6) is 0 Å². The van der Waals surface area contributed by atoms with E-state index in [0.717, 1.165) is 18.4 Å². The lowest BCUT2D eigenvalue weighted by Gasteiger charge is -2.08. The molecule has 0 aliphatic heterocycles. The Bertz CT molecular complexity index is 359. The van der Waals surface area contributed by atoms with Crippen LogP contribution >= 0.6 is 0 Å². The molecule has 1 heterocycles. The first-order chi connectivity index (χ1) is 6.77. The van der Waals surface area contributed by atoms with Crippen LogP contribution in [0.3, 0.4) is 0 Å². The van der Waals surface area contributed by atoms with Gasteiger partial charge in [-0.05, 0) is 19.8 Å². The fourth-order valence-electron chi connectivity index (χ4n) is 1.53. The Morgan fingerprint density at radius 3 is 2.86 bits per heavy atom. The van der Waals surface area contributed by atoms with Gasteiger partial charge in [-0.1, -0.05) is 12.2 Å². The van der Waals surface area contributed by atoms with Crippen molar-refractivity contribution >= 4 is 11.7 Å². The highest BCUT2D eigenvalue weighted by Gasteiger charge is 2.19. The molecule has 1 aromatic rings. The molecule has 0 unspecified atom stereocenters. The van der Waals surface area contributed by atoms with Gasteiger partial charge in [-0.2, -0.15) is 5.10 Å². The van der Waals surface area contributed by atoms with Gasteiger partial charge in [0.15, 0.2) is 0 Å². The summed E-state index contributed by atoms with van der Waals surface area (Å²) in [6.45, 7) is 1.91. The Labute approximate surface area is 82.4 Å². The van der Waals surface area contributed by atoms with Crippen LogP contribution in [-0.4, -0.2) is 16.1 Å². The van der Waals surface area contributed by atoms with Gasteiger partial charge in [-0.25, -0.2) is 0 Å². The van der Waals surface area contributed by atoms with Crippen molar-refractivity contribution in [3.05, 3.63) is 23.9 Å². The number of rotatable bonds is 2. The average Bonchev–Trinajstić information content (AvgIpc) is 2.77. The minimum Gasteiger partial charge on any atom is -0.311 e.